The summed E-state index contributed by atoms with van der Waals surface area (Å²) in [6, 6.07) is 13.4. The van der Waals surface area contributed by atoms with Gasteiger partial charge in [0.1, 0.15) is 5.75 Å². The molecular formula is C18H19F3N2O3S. The summed E-state index contributed by atoms with van der Waals surface area (Å²) < 4.78 is 63.7. The van der Waals surface area contributed by atoms with E-state index in [4.69, 9.17) is 0 Å². The van der Waals surface area contributed by atoms with Gasteiger partial charge in [0.15, 0.2) is 0 Å². The van der Waals surface area contributed by atoms with Crippen LogP contribution in [0.1, 0.15) is 17.5 Å². The molecule has 0 amide bonds. The predicted molar refractivity (Wildman–Crippen MR) is 95.7 cm³/mol. The van der Waals surface area contributed by atoms with Gasteiger partial charge in [-0.2, -0.15) is 17.5 Å². The van der Waals surface area contributed by atoms with Gasteiger partial charge in [0, 0.05) is 30.4 Å². The number of aromatic hydroxyl groups is 1. The van der Waals surface area contributed by atoms with E-state index in [1.807, 2.05) is 30.3 Å². The fraction of sp³-hybridized carbons (Fsp3) is 0.333. The minimum absolute atomic E-state index is 0.132. The molecule has 0 aromatic heterocycles. The second-order valence-corrected chi connectivity index (χ2v) is 8.34. The maximum atomic E-state index is 13.1. The van der Waals surface area contributed by atoms with Crippen molar-refractivity contribution in [1.29, 1.82) is 0 Å². The van der Waals surface area contributed by atoms with Crippen molar-refractivity contribution in [3.63, 3.8) is 0 Å². The summed E-state index contributed by atoms with van der Waals surface area (Å²) in [5.74, 6) is -0.244. The molecule has 2 aromatic rings. The molecule has 0 saturated heterocycles. The fourth-order valence-corrected chi connectivity index (χ4v) is 4.07. The Hall–Kier alpha value is -2.26. The number of hydrogen-bond donors (Lipinski definition) is 2. The third-order valence-electron chi connectivity index (χ3n) is 4.53. The zero-order valence-corrected chi connectivity index (χ0v) is 15.1. The third-order valence-corrected chi connectivity index (χ3v) is 6.07. The number of nitrogens with one attached hydrogen (secondary N) is 1. The zero-order chi connectivity index (χ0) is 19.7. The zero-order valence-electron chi connectivity index (χ0n) is 14.3. The lowest BCUT2D eigenvalue weighted by molar-refractivity contribution is -0.0492. The molecule has 0 bridgehead atoms. The number of aryl methyl sites for hydroxylation is 1. The van der Waals surface area contributed by atoms with Crippen molar-refractivity contribution in [3.8, 4) is 5.75 Å². The summed E-state index contributed by atoms with van der Waals surface area (Å²) in [4.78, 5) is 0. The number of phenolic OH excluding ortho intramolecular Hbond substituents is 1. The van der Waals surface area contributed by atoms with Crippen molar-refractivity contribution in [2.75, 3.05) is 11.9 Å². The number of phenols is 1. The average molecular weight is 400 g/mol. The van der Waals surface area contributed by atoms with Gasteiger partial charge in [-0.1, -0.05) is 36.4 Å². The van der Waals surface area contributed by atoms with Gasteiger partial charge in [-0.3, -0.25) is 0 Å². The van der Waals surface area contributed by atoms with Crippen LogP contribution in [0.15, 0.2) is 48.5 Å². The third kappa shape index (κ3) is 4.19. The SMILES string of the molecule is O=S(=O)(N1Cc2c(O)cccc2NC(CCc2ccccc2)C1)C(F)(F)F. The minimum Gasteiger partial charge on any atom is -0.508 e. The summed E-state index contributed by atoms with van der Waals surface area (Å²) in [7, 11) is -5.52. The Balaban J connectivity index is 1.90. The predicted octanol–water partition coefficient (Wildman–Crippen LogP) is 3.47. The van der Waals surface area contributed by atoms with Crippen LogP contribution in [0.3, 0.4) is 0 Å². The van der Waals surface area contributed by atoms with E-state index < -0.39 is 28.1 Å². The molecule has 3 rings (SSSR count). The first kappa shape index (κ1) is 19.5. The number of fused-ring (bicyclic) bond motifs is 1. The van der Waals surface area contributed by atoms with Crippen molar-refractivity contribution in [3.05, 3.63) is 59.7 Å². The van der Waals surface area contributed by atoms with Crippen LogP contribution in [-0.4, -0.2) is 35.9 Å². The quantitative estimate of drug-likeness (QED) is 0.825. The highest BCUT2D eigenvalue weighted by Gasteiger charge is 2.51. The highest BCUT2D eigenvalue weighted by molar-refractivity contribution is 7.89. The van der Waals surface area contributed by atoms with Crippen LogP contribution in [0.5, 0.6) is 5.75 Å². The first-order valence-corrected chi connectivity index (χ1v) is 9.80. The number of nitrogens with zero attached hydrogens (tertiary/aromatic N) is 1. The molecular weight excluding hydrogens is 381 g/mol. The van der Waals surface area contributed by atoms with Crippen LogP contribution in [0.2, 0.25) is 0 Å². The Kier molecular flexibility index (Phi) is 5.34. The topological polar surface area (TPSA) is 69.6 Å². The summed E-state index contributed by atoms with van der Waals surface area (Å²) >= 11 is 0. The van der Waals surface area contributed by atoms with Gasteiger partial charge in [0.2, 0.25) is 0 Å². The number of sulfonamides is 1. The molecule has 0 aliphatic carbocycles. The van der Waals surface area contributed by atoms with Gasteiger partial charge in [-0.15, -0.1) is 0 Å². The number of hydrogen-bond acceptors (Lipinski definition) is 4. The lowest BCUT2D eigenvalue weighted by Crippen LogP contribution is -2.44. The molecule has 5 nitrogen and oxygen atoms in total. The first-order valence-electron chi connectivity index (χ1n) is 8.36. The smallest absolute Gasteiger partial charge is 0.508 e. The van der Waals surface area contributed by atoms with E-state index in [-0.39, 0.29) is 17.9 Å². The van der Waals surface area contributed by atoms with E-state index in [9.17, 15) is 26.7 Å². The molecule has 9 heteroatoms. The molecule has 0 spiro atoms. The molecule has 146 valence electrons. The number of rotatable bonds is 4. The van der Waals surface area contributed by atoms with Crippen molar-refractivity contribution in [2.45, 2.75) is 30.9 Å². The van der Waals surface area contributed by atoms with Crippen molar-refractivity contribution in [1.82, 2.24) is 4.31 Å². The highest BCUT2D eigenvalue weighted by atomic mass is 32.2. The van der Waals surface area contributed by atoms with Crippen LogP contribution in [0.4, 0.5) is 18.9 Å². The Morgan fingerprint density at radius 1 is 1.11 bits per heavy atom. The summed E-state index contributed by atoms with van der Waals surface area (Å²) in [6.07, 6.45) is 1.01. The molecule has 0 saturated carbocycles. The van der Waals surface area contributed by atoms with E-state index in [1.165, 1.54) is 6.07 Å². The van der Waals surface area contributed by atoms with Crippen LogP contribution in [0, 0.1) is 0 Å². The molecule has 0 radical (unpaired) electrons. The molecule has 2 aromatic carbocycles. The summed E-state index contributed by atoms with van der Waals surface area (Å²) in [5, 5.41) is 13.1. The second-order valence-electron chi connectivity index (χ2n) is 6.41. The number of anilines is 1. The van der Waals surface area contributed by atoms with E-state index in [0.29, 0.717) is 22.8 Å². The number of benzene rings is 2. The lowest BCUT2D eigenvalue weighted by atomic mass is 10.0. The van der Waals surface area contributed by atoms with E-state index >= 15 is 0 Å². The normalized spacial score (nSPS) is 18.4. The molecule has 2 N–H and O–H groups in total. The molecule has 1 aliphatic rings. The van der Waals surface area contributed by atoms with E-state index in [2.05, 4.69) is 5.32 Å². The molecule has 1 heterocycles. The largest absolute Gasteiger partial charge is 0.511 e. The van der Waals surface area contributed by atoms with Gasteiger partial charge in [0.25, 0.3) is 0 Å². The Morgan fingerprint density at radius 3 is 2.48 bits per heavy atom. The van der Waals surface area contributed by atoms with Crippen molar-refractivity contribution in [2.24, 2.45) is 0 Å². The van der Waals surface area contributed by atoms with E-state index in [1.54, 1.807) is 12.1 Å². The van der Waals surface area contributed by atoms with E-state index in [0.717, 1.165) is 5.56 Å². The Labute approximate surface area is 155 Å². The van der Waals surface area contributed by atoms with Gasteiger partial charge >= 0.3 is 15.5 Å². The second kappa shape index (κ2) is 7.40. The van der Waals surface area contributed by atoms with Crippen LogP contribution < -0.4 is 5.32 Å². The lowest BCUT2D eigenvalue weighted by Gasteiger charge is -2.25. The summed E-state index contributed by atoms with van der Waals surface area (Å²) in [6.45, 7) is -0.887. The molecule has 1 unspecified atom stereocenters. The van der Waals surface area contributed by atoms with Gasteiger partial charge in [0.05, 0.1) is 0 Å². The standard InChI is InChI=1S/C18H19F3N2O3S/c19-18(20,21)27(25,26)23-11-14(10-9-13-5-2-1-3-6-13)22-16-7-4-8-17(24)15(16)12-23/h1-8,14,22,24H,9-12H2. The van der Waals surface area contributed by atoms with Crippen molar-refractivity contribution < 1.29 is 26.7 Å². The summed E-state index contributed by atoms with van der Waals surface area (Å²) in [5.41, 5.74) is -3.82. The first-order chi connectivity index (χ1) is 12.7. The van der Waals surface area contributed by atoms with Crippen LogP contribution >= 0.6 is 0 Å². The number of alkyl halides is 3. The van der Waals surface area contributed by atoms with Crippen LogP contribution in [-0.2, 0) is 23.0 Å². The molecule has 27 heavy (non-hydrogen) atoms. The van der Waals surface area contributed by atoms with Gasteiger partial charge in [-0.25, -0.2) is 8.42 Å². The average Bonchev–Trinajstić information content (AvgIpc) is 2.80. The molecule has 0 fully saturated rings. The molecule has 1 atom stereocenters. The fourth-order valence-electron chi connectivity index (χ4n) is 3.11. The van der Waals surface area contributed by atoms with Gasteiger partial charge in [-0.05, 0) is 30.5 Å². The van der Waals surface area contributed by atoms with Crippen molar-refractivity contribution >= 4 is 15.7 Å². The monoisotopic (exact) mass is 400 g/mol. The van der Waals surface area contributed by atoms with Gasteiger partial charge < -0.3 is 10.4 Å². The minimum atomic E-state index is -5.52. The molecule has 1 aliphatic heterocycles. The maximum absolute atomic E-state index is 13.1. The van der Waals surface area contributed by atoms with Crippen LogP contribution in [0.25, 0.3) is 0 Å². The maximum Gasteiger partial charge on any atom is 0.511 e. The Morgan fingerprint density at radius 2 is 1.81 bits per heavy atom. The highest BCUT2D eigenvalue weighted by Crippen LogP contribution is 2.35. The number of halogens is 3. The Bertz CT molecular complexity index is 902.